The molecule has 422 valence electrons. The fourth-order valence-corrected chi connectivity index (χ4v) is 22.8. The van der Waals surface area contributed by atoms with Crippen molar-refractivity contribution in [3.8, 4) is 5.88 Å². The Kier molecular flexibility index (Phi) is 21.9. The van der Waals surface area contributed by atoms with Crippen LogP contribution in [-0.2, 0) is 19.6 Å². The van der Waals surface area contributed by atoms with Crippen molar-refractivity contribution in [2.75, 3.05) is 36.1 Å². The molecule has 6 aromatic rings. The number of aromatic nitrogens is 8. The second-order valence-corrected chi connectivity index (χ2v) is 33.7. The van der Waals surface area contributed by atoms with Gasteiger partial charge in [0.15, 0.2) is 11.3 Å². The van der Waals surface area contributed by atoms with Gasteiger partial charge in [-0.3, -0.25) is 4.98 Å². The van der Waals surface area contributed by atoms with Gasteiger partial charge in [0, 0.05) is 36.6 Å². The van der Waals surface area contributed by atoms with Crippen LogP contribution in [-0.4, -0.2) is 110 Å². The second-order valence-electron chi connectivity index (χ2n) is 19.0. The number of anilines is 2. The summed E-state index contributed by atoms with van der Waals surface area (Å²) in [4.78, 5) is 44.8. The topological polar surface area (TPSA) is 189 Å². The van der Waals surface area contributed by atoms with Crippen molar-refractivity contribution in [1.29, 1.82) is 0 Å². The van der Waals surface area contributed by atoms with Crippen LogP contribution in [0.3, 0.4) is 0 Å². The molecule has 8 heterocycles. The van der Waals surface area contributed by atoms with Crippen LogP contribution in [0.25, 0.3) is 17.4 Å². The van der Waals surface area contributed by atoms with Gasteiger partial charge in [0.05, 0.1) is 55.8 Å². The number of nitrogens with zero attached hydrogens (tertiary/aromatic N) is 10. The monoisotopic (exact) mass is 1220 g/mol. The van der Waals surface area contributed by atoms with E-state index in [1.54, 1.807) is 54.9 Å². The van der Waals surface area contributed by atoms with E-state index < -0.39 is 63.7 Å². The van der Waals surface area contributed by atoms with Crippen LogP contribution in [0.4, 0.5) is 33.6 Å². The van der Waals surface area contributed by atoms with Gasteiger partial charge < -0.3 is 23.5 Å². The third-order valence-electron chi connectivity index (χ3n) is 13.7. The number of fused-ring (bicyclic) bond motifs is 2. The first-order valence-electron chi connectivity index (χ1n) is 26.5. The number of rotatable bonds is 22. The summed E-state index contributed by atoms with van der Waals surface area (Å²) in [7, 11) is -6.02. The molecule has 2 aliphatic heterocycles. The van der Waals surface area contributed by atoms with Crippen molar-refractivity contribution < 1.29 is 53.6 Å². The average molecular weight is 1220 g/mol. The maximum atomic E-state index is 14.0. The van der Waals surface area contributed by atoms with Crippen LogP contribution in [0.5, 0.6) is 5.88 Å². The first-order chi connectivity index (χ1) is 37.4. The largest absolute Gasteiger partial charge is 0.534 e. The van der Waals surface area contributed by atoms with Crippen LogP contribution in [0.1, 0.15) is 155 Å². The molecule has 17 nitrogen and oxygen atoms in total. The molecule has 0 amide bonds. The molecule has 0 aliphatic carbocycles. The first kappa shape index (κ1) is 61.0. The van der Waals surface area contributed by atoms with E-state index in [-0.39, 0.29) is 41.8 Å². The number of pyridine rings is 2. The molecule has 0 aromatic carbocycles. The number of ether oxygens (including phenoxy) is 2. The molecule has 0 spiro atoms. The number of carbonyl (C=O) groups is 2. The molecular formula is C54H69F5N10O7SSn. The number of halogens is 5. The summed E-state index contributed by atoms with van der Waals surface area (Å²) in [5.41, 5.74) is -3.40. The predicted octanol–water partition coefficient (Wildman–Crippen LogP) is 12.4. The van der Waals surface area contributed by atoms with Gasteiger partial charge in [0.25, 0.3) is 0 Å². The Hall–Kier alpha value is -6.24. The van der Waals surface area contributed by atoms with E-state index in [0.717, 1.165) is 31.0 Å². The summed E-state index contributed by atoms with van der Waals surface area (Å²) in [5.74, 6) is -2.24. The van der Waals surface area contributed by atoms with Gasteiger partial charge in [-0.25, -0.2) is 42.4 Å². The summed E-state index contributed by atoms with van der Waals surface area (Å²) in [5, 5.41) is 8.21. The zero-order valence-electron chi connectivity index (χ0n) is 44.9. The molecule has 2 unspecified atom stereocenters. The van der Waals surface area contributed by atoms with E-state index in [9.17, 15) is 40.0 Å². The fraction of sp³-hybridized carbons (Fsp3) is 0.481. The van der Waals surface area contributed by atoms with Crippen molar-refractivity contribution in [2.45, 2.75) is 136 Å². The van der Waals surface area contributed by atoms with Gasteiger partial charge in [-0.05, 0) is 69.9 Å². The molecule has 0 saturated carbocycles. The van der Waals surface area contributed by atoms with E-state index >= 15 is 0 Å². The normalized spacial score (nSPS) is 15.6. The molecule has 2 aliphatic rings. The molecule has 78 heavy (non-hydrogen) atoms. The summed E-state index contributed by atoms with van der Waals surface area (Å²) in [6.07, 6.45) is 22.0. The molecule has 2 fully saturated rings. The van der Waals surface area contributed by atoms with E-state index in [1.165, 1.54) is 80.3 Å². The Labute approximate surface area is 456 Å². The van der Waals surface area contributed by atoms with Crippen LogP contribution in [0, 0.1) is 11.6 Å². The molecule has 6 aromatic heterocycles. The molecule has 2 saturated heterocycles. The zero-order valence-corrected chi connectivity index (χ0v) is 48.5. The van der Waals surface area contributed by atoms with Crippen LogP contribution in [0.15, 0.2) is 78.7 Å². The zero-order chi connectivity index (χ0) is 56.6. The van der Waals surface area contributed by atoms with E-state index in [0.29, 0.717) is 54.1 Å². The summed E-state index contributed by atoms with van der Waals surface area (Å²) < 4.78 is 114. The molecule has 0 radical (unpaired) electrons. The Morgan fingerprint density at radius 2 is 1.18 bits per heavy atom. The minimum Gasteiger partial charge on any atom is -0.462 e. The second kappa shape index (κ2) is 28.1. The molecule has 0 bridgehead atoms. The van der Waals surface area contributed by atoms with Crippen molar-refractivity contribution in [1.82, 2.24) is 39.2 Å². The molecule has 8 rings (SSSR count). The van der Waals surface area contributed by atoms with Gasteiger partial charge in [-0.2, -0.15) is 31.8 Å². The number of carbonyl (C=O) groups excluding carboxylic acids is 2. The van der Waals surface area contributed by atoms with E-state index in [2.05, 4.69) is 77.2 Å². The SMILES string of the molecule is C=Cc1ncc(F)cc1C1CCCN1c1ccn2ncc(C(=O)OCC)c2n1.C=[CH][Sn]([CH2]CCC)([CH2]CCC)[CH2]CCCC.CCOC(=O)c1cnn2ccc(N3CCCC3c3cc(F)cnc3OS(=O)(=O)C(F)(F)F)nc12. The van der Waals surface area contributed by atoms with Gasteiger partial charge in [0.2, 0.25) is 5.88 Å². The molecule has 24 heteroatoms. The predicted molar refractivity (Wildman–Crippen MR) is 290 cm³/mol. The standard InChI is InChI=1S/C20H20FN5O2.C19H17F4N5O5S.C5H11.2C4H9.C2H3.Sn/c1-3-16-14(10-13(21)11-22-16)17-6-5-8-25(17)18-7-9-26-19(24-18)15(12-23-26)20(27)28-4-2;1-2-32-18(29)13-10-25-28-7-5-15(26-16(13)28)27-6-3-4-14(27)12-8-11(20)9-24-17(12)33-34(30,31)19(21,22)23;1-3-5-4-2;2*1-3-4-2;1-2;/h3,7,9-12,17H,1,4-6,8H2,2H3;5,7-10,14H,2-4,6H2,1H3;1,3-5H2,2H3;2*1,3-4H2,2H3;1H,2H2;. The summed E-state index contributed by atoms with van der Waals surface area (Å²) >= 11 is -1.88. The number of hydrogen-bond acceptors (Lipinski definition) is 15. The third-order valence-corrected chi connectivity index (χ3v) is 28.7. The molecular weight excluding hydrogens is 1150 g/mol. The van der Waals surface area contributed by atoms with Crippen LogP contribution >= 0.6 is 0 Å². The number of unbranched alkanes of at least 4 members (excludes halogenated alkanes) is 4. The minimum absolute atomic E-state index is 0.0693. The van der Waals surface area contributed by atoms with Gasteiger partial charge in [-0.15, -0.1) is 0 Å². The minimum atomic E-state index is -6.02. The average Bonchev–Trinajstić information content (AvgIpc) is 4.40. The number of esters is 2. The maximum absolute atomic E-state index is 14.0. The van der Waals surface area contributed by atoms with Crippen molar-refractivity contribution in [3.05, 3.63) is 118 Å². The van der Waals surface area contributed by atoms with Gasteiger partial charge >= 0.3 is 136 Å². The van der Waals surface area contributed by atoms with E-state index in [1.807, 2.05) is 6.07 Å². The quantitative estimate of drug-likeness (QED) is 0.0156. The third kappa shape index (κ3) is 14.9. The first-order valence-corrected chi connectivity index (χ1v) is 35.6. The van der Waals surface area contributed by atoms with Crippen molar-refractivity contribution in [3.63, 3.8) is 0 Å². The summed E-state index contributed by atoms with van der Waals surface area (Å²) in [6.45, 7) is 19.9. The number of hydrogen-bond donors (Lipinski definition) is 0. The van der Waals surface area contributed by atoms with Crippen molar-refractivity contribution >= 4 is 69.4 Å². The van der Waals surface area contributed by atoms with Crippen LogP contribution < -0.4 is 14.0 Å². The fourth-order valence-electron chi connectivity index (χ4n) is 9.74. The number of alkyl halides is 3. The molecule has 0 N–H and O–H groups in total. The molecule has 2 atom stereocenters. The van der Waals surface area contributed by atoms with Crippen molar-refractivity contribution in [2.24, 2.45) is 0 Å². The smallest absolute Gasteiger partial charge is 0.462 e. The summed E-state index contributed by atoms with van der Waals surface area (Å²) in [6, 6.07) is 4.90. The van der Waals surface area contributed by atoms with Gasteiger partial charge in [-0.1, -0.05) is 6.58 Å². The maximum Gasteiger partial charge on any atom is 0.534 e. The Morgan fingerprint density at radius 1 is 0.705 bits per heavy atom. The van der Waals surface area contributed by atoms with E-state index in [4.69, 9.17) is 9.47 Å². The Bertz CT molecular complexity index is 3110. The van der Waals surface area contributed by atoms with Gasteiger partial charge in [0.1, 0.15) is 34.4 Å². The Morgan fingerprint density at radius 3 is 1.64 bits per heavy atom. The van der Waals surface area contributed by atoms with Crippen LogP contribution in [0.2, 0.25) is 13.3 Å². The Balaban J connectivity index is 0.000000202.